The van der Waals surface area contributed by atoms with Crippen molar-refractivity contribution < 1.29 is 4.79 Å². The number of thiophene rings is 1. The van der Waals surface area contributed by atoms with Crippen LogP contribution in [-0.2, 0) is 4.79 Å². The van der Waals surface area contributed by atoms with Gasteiger partial charge in [-0.1, -0.05) is 30.4 Å². The van der Waals surface area contributed by atoms with Gasteiger partial charge in [-0.15, -0.1) is 11.3 Å². The summed E-state index contributed by atoms with van der Waals surface area (Å²) < 4.78 is 1.17. The first-order valence-corrected chi connectivity index (χ1v) is 7.47. The molecular formula is C17H18N2OS. The Morgan fingerprint density at radius 3 is 2.67 bits per heavy atom. The van der Waals surface area contributed by atoms with Crippen LogP contribution >= 0.6 is 11.3 Å². The summed E-state index contributed by atoms with van der Waals surface area (Å²) in [6.45, 7) is 3.56. The van der Waals surface area contributed by atoms with Crippen molar-refractivity contribution in [3.05, 3.63) is 53.1 Å². The summed E-state index contributed by atoms with van der Waals surface area (Å²) in [6.07, 6.45) is 5.59. The van der Waals surface area contributed by atoms with Gasteiger partial charge < -0.3 is 15.9 Å². The molecule has 0 spiro atoms. The van der Waals surface area contributed by atoms with Crippen molar-refractivity contribution in [3.8, 4) is 0 Å². The minimum atomic E-state index is -1.08. The van der Waals surface area contributed by atoms with Gasteiger partial charge in [0.15, 0.2) is 0 Å². The van der Waals surface area contributed by atoms with Gasteiger partial charge in [-0.2, -0.15) is 0 Å². The highest BCUT2D eigenvalue weighted by Crippen LogP contribution is 2.35. The molecule has 2 aromatic rings. The Morgan fingerprint density at radius 1 is 1.38 bits per heavy atom. The number of nitrogens with one attached hydrogen (secondary N) is 1. The predicted octanol–water partition coefficient (Wildman–Crippen LogP) is 4.00. The molecule has 0 saturated heterocycles. The number of aldehydes is 1. The summed E-state index contributed by atoms with van der Waals surface area (Å²) in [6, 6.07) is 10.2. The van der Waals surface area contributed by atoms with Crippen LogP contribution in [0.3, 0.4) is 0 Å². The van der Waals surface area contributed by atoms with Gasteiger partial charge in [0, 0.05) is 27.1 Å². The SMILES string of the molecule is C/C=C\C(=C(\N)C(C)(C=N)C=O)c1cc2ccccc2s1. The number of fused-ring (bicyclic) bond motifs is 1. The Morgan fingerprint density at radius 2 is 2.10 bits per heavy atom. The maximum atomic E-state index is 11.3. The number of carbonyl (C=O) groups excluding carboxylic acids is 1. The lowest BCUT2D eigenvalue weighted by Gasteiger charge is -2.20. The molecule has 0 saturated carbocycles. The Hall–Kier alpha value is -2.20. The van der Waals surface area contributed by atoms with E-state index in [9.17, 15) is 4.79 Å². The molecule has 0 bridgehead atoms. The van der Waals surface area contributed by atoms with Gasteiger partial charge in [-0.05, 0) is 31.4 Å². The van der Waals surface area contributed by atoms with Gasteiger partial charge in [-0.3, -0.25) is 0 Å². The number of hydrogen-bond acceptors (Lipinski definition) is 4. The van der Waals surface area contributed by atoms with Crippen molar-refractivity contribution in [1.82, 2.24) is 0 Å². The highest BCUT2D eigenvalue weighted by Gasteiger charge is 2.27. The van der Waals surface area contributed by atoms with E-state index in [1.807, 2.05) is 37.3 Å². The summed E-state index contributed by atoms with van der Waals surface area (Å²) in [4.78, 5) is 12.3. The van der Waals surface area contributed by atoms with E-state index < -0.39 is 5.41 Å². The molecule has 3 nitrogen and oxygen atoms in total. The van der Waals surface area contributed by atoms with Crippen molar-refractivity contribution in [2.24, 2.45) is 11.1 Å². The van der Waals surface area contributed by atoms with Crippen molar-refractivity contribution in [2.75, 3.05) is 0 Å². The largest absolute Gasteiger partial charge is 0.400 e. The molecule has 21 heavy (non-hydrogen) atoms. The van der Waals surface area contributed by atoms with Gasteiger partial charge in [0.05, 0.1) is 5.41 Å². The van der Waals surface area contributed by atoms with Gasteiger partial charge in [0.1, 0.15) is 6.29 Å². The molecule has 108 valence electrons. The monoisotopic (exact) mass is 298 g/mol. The average molecular weight is 298 g/mol. The number of benzene rings is 1. The molecule has 0 fully saturated rings. The summed E-state index contributed by atoms with van der Waals surface area (Å²) in [7, 11) is 0. The van der Waals surface area contributed by atoms with Crippen LogP contribution in [0.15, 0.2) is 48.2 Å². The van der Waals surface area contributed by atoms with Crippen molar-refractivity contribution in [3.63, 3.8) is 0 Å². The lowest BCUT2D eigenvalue weighted by Crippen LogP contribution is -2.28. The van der Waals surface area contributed by atoms with Gasteiger partial charge in [-0.25, -0.2) is 0 Å². The first-order chi connectivity index (χ1) is 10.1. The van der Waals surface area contributed by atoms with E-state index in [-0.39, 0.29) is 0 Å². The van der Waals surface area contributed by atoms with Gasteiger partial charge in [0.25, 0.3) is 0 Å². The summed E-state index contributed by atoms with van der Waals surface area (Å²) >= 11 is 1.63. The second-order valence-corrected chi connectivity index (χ2v) is 6.10. The molecule has 0 aliphatic heterocycles. The van der Waals surface area contributed by atoms with Crippen LogP contribution in [0.25, 0.3) is 15.7 Å². The zero-order chi connectivity index (χ0) is 15.5. The van der Waals surface area contributed by atoms with Crippen LogP contribution in [0.4, 0.5) is 0 Å². The third-order valence-corrected chi connectivity index (χ3v) is 4.59. The van der Waals surface area contributed by atoms with E-state index in [0.717, 1.165) is 22.1 Å². The zero-order valence-corrected chi connectivity index (χ0v) is 12.9. The molecule has 0 aliphatic carbocycles. The van der Waals surface area contributed by atoms with Gasteiger partial charge >= 0.3 is 0 Å². The normalized spacial score (nSPS) is 15.7. The van der Waals surface area contributed by atoms with E-state index in [2.05, 4.69) is 12.1 Å². The fourth-order valence-electron chi connectivity index (χ4n) is 2.05. The fourth-order valence-corrected chi connectivity index (χ4v) is 3.15. The maximum absolute atomic E-state index is 11.3. The molecule has 0 radical (unpaired) electrons. The minimum Gasteiger partial charge on any atom is -0.400 e. The molecule has 1 unspecified atom stereocenters. The quantitative estimate of drug-likeness (QED) is 0.497. The molecule has 0 amide bonds. The first kappa shape index (κ1) is 15.2. The summed E-state index contributed by atoms with van der Waals surface area (Å²) in [5, 5.41) is 8.64. The van der Waals surface area contributed by atoms with Gasteiger partial charge in [0.2, 0.25) is 0 Å². The van der Waals surface area contributed by atoms with Crippen LogP contribution in [0.5, 0.6) is 0 Å². The second-order valence-electron chi connectivity index (χ2n) is 5.02. The molecule has 0 aliphatic rings. The molecule has 2 rings (SSSR count). The maximum Gasteiger partial charge on any atom is 0.137 e. The van der Waals surface area contributed by atoms with Crippen LogP contribution < -0.4 is 5.73 Å². The molecule has 1 aromatic carbocycles. The number of hydrogen-bond donors (Lipinski definition) is 2. The van der Waals surface area contributed by atoms with Crippen molar-refractivity contribution in [1.29, 1.82) is 5.41 Å². The van der Waals surface area contributed by atoms with E-state index in [1.165, 1.54) is 4.70 Å². The van der Waals surface area contributed by atoms with Crippen molar-refractivity contribution >= 4 is 39.5 Å². The van der Waals surface area contributed by atoms with E-state index >= 15 is 0 Å². The fraction of sp³-hybridized carbons (Fsp3) is 0.176. The number of rotatable bonds is 5. The summed E-state index contributed by atoms with van der Waals surface area (Å²) in [5.74, 6) is 0. The Bertz CT molecular complexity index is 699. The summed E-state index contributed by atoms with van der Waals surface area (Å²) in [5.41, 5.74) is 6.33. The predicted molar refractivity (Wildman–Crippen MR) is 90.7 cm³/mol. The molecule has 1 aromatic heterocycles. The molecule has 4 heteroatoms. The number of allylic oxidation sites excluding steroid dienone is 4. The standard InChI is InChI=1S/C17H18N2OS/c1-3-6-13(16(19)17(2,10-18)11-20)15-9-12-7-4-5-8-14(12)21-15/h3-11,18H,19H2,1-2H3/b6-3-,16-13-,18-10?. The Labute approximate surface area is 128 Å². The lowest BCUT2D eigenvalue weighted by molar-refractivity contribution is -0.111. The topological polar surface area (TPSA) is 66.9 Å². The second kappa shape index (κ2) is 6.06. The number of nitrogens with two attached hydrogens (primary N) is 1. The average Bonchev–Trinajstić information content (AvgIpc) is 2.94. The van der Waals surface area contributed by atoms with Crippen molar-refractivity contribution in [2.45, 2.75) is 13.8 Å². The third-order valence-electron chi connectivity index (χ3n) is 3.44. The van der Waals surface area contributed by atoms with Crippen LogP contribution in [0.2, 0.25) is 0 Å². The molecular weight excluding hydrogens is 280 g/mol. The minimum absolute atomic E-state index is 0.400. The van der Waals surface area contributed by atoms with Crippen LogP contribution in [-0.4, -0.2) is 12.5 Å². The van der Waals surface area contributed by atoms with Crippen LogP contribution in [0.1, 0.15) is 18.7 Å². The molecule has 3 N–H and O–H groups in total. The highest BCUT2D eigenvalue weighted by molar-refractivity contribution is 7.20. The zero-order valence-electron chi connectivity index (χ0n) is 12.1. The Balaban J connectivity index is 2.68. The first-order valence-electron chi connectivity index (χ1n) is 6.65. The molecule has 1 atom stereocenters. The lowest BCUT2D eigenvalue weighted by atomic mass is 9.86. The van der Waals surface area contributed by atoms with E-state index in [0.29, 0.717) is 12.0 Å². The Kier molecular flexibility index (Phi) is 4.38. The van der Waals surface area contributed by atoms with Crippen LogP contribution in [0, 0.1) is 10.8 Å². The van der Waals surface area contributed by atoms with E-state index in [1.54, 1.807) is 18.3 Å². The smallest absolute Gasteiger partial charge is 0.137 e. The van der Waals surface area contributed by atoms with E-state index in [4.69, 9.17) is 11.1 Å². The third kappa shape index (κ3) is 2.81. The highest BCUT2D eigenvalue weighted by atomic mass is 32.1. The molecule has 1 heterocycles. The number of carbonyl (C=O) groups is 1.